The number of aryl methyl sites for hydroxylation is 1. The van der Waals surface area contributed by atoms with Crippen LogP contribution in [0.3, 0.4) is 0 Å². The summed E-state index contributed by atoms with van der Waals surface area (Å²) in [5, 5.41) is 7.61. The highest BCUT2D eigenvalue weighted by atomic mass is 16.2. The normalized spacial score (nSPS) is 22.8. The van der Waals surface area contributed by atoms with Gasteiger partial charge in [0, 0.05) is 44.6 Å². The molecular formula is C16H22N6O. The minimum atomic E-state index is 0.217. The van der Waals surface area contributed by atoms with E-state index in [4.69, 9.17) is 0 Å². The molecule has 23 heavy (non-hydrogen) atoms. The maximum absolute atomic E-state index is 12.2. The Morgan fingerprint density at radius 2 is 2.26 bits per heavy atom. The minimum Gasteiger partial charge on any atom is -0.353 e. The van der Waals surface area contributed by atoms with Gasteiger partial charge in [0.2, 0.25) is 5.91 Å². The number of hydrogen-bond acceptors (Lipinski definition) is 5. The molecule has 0 saturated carbocycles. The highest BCUT2D eigenvalue weighted by Crippen LogP contribution is 2.25. The lowest BCUT2D eigenvalue weighted by Crippen LogP contribution is -2.57. The molecule has 1 N–H and O–H groups in total. The SMILES string of the molecule is Cc1cc2c(N3CCCC(N4CCNCC4=O)C3)nccn2n1. The molecular weight excluding hydrogens is 292 g/mol. The number of nitrogens with one attached hydrogen (secondary N) is 1. The van der Waals surface area contributed by atoms with Crippen LogP contribution in [0.1, 0.15) is 18.5 Å². The number of amides is 1. The largest absolute Gasteiger partial charge is 0.353 e. The van der Waals surface area contributed by atoms with Crippen LogP contribution in [0.4, 0.5) is 5.82 Å². The number of carbonyl (C=O) groups is 1. The van der Waals surface area contributed by atoms with E-state index in [0.717, 1.165) is 56.0 Å². The van der Waals surface area contributed by atoms with E-state index in [1.165, 1.54) is 0 Å². The second-order valence-electron chi connectivity index (χ2n) is 6.37. The number of piperazine rings is 1. The Balaban J connectivity index is 1.60. The van der Waals surface area contributed by atoms with Crippen molar-refractivity contribution in [2.24, 2.45) is 0 Å². The summed E-state index contributed by atoms with van der Waals surface area (Å²) in [4.78, 5) is 21.1. The second kappa shape index (κ2) is 5.81. The fraction of sp³-hybridized carbons (Fsp3) is 0.562. The molecule has 4 rings (SSSR count). The Hall–Kier alpha value is -2.15. The summed E-state index contributed by atoms with van der Waals surface area (Å²) in [7, 11) is 0. The molecule has 1 amide bonds. The summed E-state index contributed by atoms with van der Waals surface area (Å²) < 4.78 is 1.89. The van der Waals surface area contributed by atoms with Crippen LogP contribution >= 0.6 is 0 Å². The number of piperidine rings is 1. The number of nitrogens with zero attached hydrogens (tertiary/aromatic N) is 5. The van der Waals surface area contributed by atoms with Crippen molar-refractivity contribution in [3.05, 3.63) is 24.2 Å². The maximum atomic E-state index is 12.2. The van der Waals surface area contributed by atoms with Gasteiger partial charge in [0.1, 0.15) is 5.52 Å². The van der Waals surface area contributed by atoms with Crippen LogP contribution < -0.4 is 10.2 Å². The minimum absolute atomic E-state index is 0.217. The third-order valence-corrected chi connectivity index (χ3v) is 4.75. The molecule has 0 radical (unpaired) electrons. The summed E-state index contributed by atoms with van der Waals surface area (Å²) >= 11 is 0. The van der Waals surface area contributed by atoms with Crippen molar-refractivity contribution in [1.82, 2.24) is 24.8 Å². The van der Waals surface area contributed by atoms with E-state index in [1.54, 1.807) is 6.20 Å². The lowest BCUT2D eigenvalue weighted by molar-refractivity contribution is -0.134. The number of hydrogen-bond donors (Lipinski definition) is 1. The Morgan fingerprint density at radius 3 is 3.13 bits per heavy atom. The van der Waals surface area contributed by atoms with Crippen molar-refractivity contribution in [3.63, 3.8) is 0 Å². The van der Waals surface area contributed by atoms with Crippen molar-refractivity contribution in [2.75, 3.05) is 37.6 Å². The van der Waals surface area contributed by atoms with Gasteiger partial charge in [-0.25, -0.2) is 9.50 Å². The Labute approximate surface area is 135 Å². The third kappa shape index (κ3) is 2.65. The smallest absolute Gasteiger partial charge is 0.236 e. The van der Waals surface area contributed by atoms with Gasteiger partial charge in [0.15, 0.2) is 5.82 Å². The first-order valence-corrected chi connectivity index (χ1v) is 8.28. The van der Waals surface area contributed by atoms with Crippen molar-refractivity contribution < 1.29 is 4.79 Å². The number of rotatable bonds is 2. The molecule has 1 unspecified atom stereocenters. The second-order valence-corrected chi connectivity index (χ2v) is 6.37. The average molecular weight is 314 g/mol. The van der Waals surface area contributed by atoms with E-state index in [-0.39, 0.29) is 11.9 Å². The zero-order valence-corrected chi connectivity index (χ0v) is 13.4. The highest BCUT2D eigenvalue weighted by Gasteiger charge is 2.31. The molecule has 0 aromatic carbocycles. The molecule has 0 bridgehead atoms. The highest BCUT2D eigenvalue weighted by molar-refractivity contribution is 5.79. The molecule has 1 atom stereocenters. The zero-order chi connectivity index (χ0) is 15.8. The number of aromatic nitrogens is 3. The molecule has 0 spiro atoms. The predicted octanol–water partition coefficient (Wildman–Crippen LogP) is 0.438. The van der Waals surface area contributed by atoms with Gasteiger partial charge in [-0.2, -0.15) is 5.10 Å². The lowest BCUT2D eigenvalue weighted by Gasteiger charge is -2.41. The third-order valence-electron chi connectivity index (χ3n) is 4.75. The van der Waals surface area contributed by atoms with Gasteiger partial charge in [-0.05, 0) is 25.8 Å². The van der Waals surface area contributed by atoms with Crippen LogP contribution in [0.15, 0.2) is 18.5 Å². The van der Waals surface area contributed by atoms with Crippen molar-refractivity contribution in [3.8, 4) is 0 Å². The molecule has 7 heteroatoms. The summed E-state index contributed by atoms with van der Waals surface area (Å²) in [5.74, 6) is 1.19. The van der Waals surface area contributed by atoms with E-state index in [1.807, 2.05) is 22.5 Å². The number of fused-ring (bicyclic) bond motifs is 1. The van der Waals surface area contributed by atoms with E-state index in [9.17, 15) is 4.79 Å². The summed E-state index contributed by atoms with van der Waals surface area (Å²) in [6.45, 7) is 5.98. The molecule has 2 fully saturated rings. The van der Waals surface area contributed by atoms with Crippen LogP contribution in [0.25, 0.3) is 5.52 Å². The van der Waals surface area contributed by atoms with Gasteiger partial charge < -0.3 is 15.1 Å². The van der Waals surface area contributed by atoms with Crippen LogP contribution in [0, 0.1) is 6.92 Å². The van der Waals surface area contributed by atoms with Crippen molar-refractivity contribution in [1.29, 1.82) is 0 Å². The Kier molecular flexibility index (Phi) is 3.65. The Morgan fingerprint density at radius 1 is 1.35 bits per heavy atom. The average Bonchev–Trinajstić information content (AvgIpc) is 2.95. The van der Waals surface area contributed by atoms with Gasteiger partial charge in [-0.3, -0.25) is 4.79 Å². The van der Waals surface area contributed by atoms with Gasteiger partial charge in [-0.15, -0.1) is 0 Å². The van der Waals surface area contributed by atoms with E-state index in [2.05, 4.69) is 26.4 Å². The van der Waals surface area contributed by atoms with Crippen molar-refractivity contribution in [2.45, 2.75) is 25.8 Å². The maximum Gasteiger partial charge on any atom is 0.236 e. The van der Waals surface area contributed by atoms with E-state index >= 15 is 0 Å². The fourth-order valence-corrected chi connectivity index (χ4v) is 3.68. The molecule has 2 aliphatic rings. The van der Waals surface area contributed by atoms with Crippen molar-refractivity contribution >= 4 is 17.2 Å². The monoisotopic (exact) mass is 314 g/mol. The summed E-state index contributed by atoms with van der Waals surface area (Å²) in [6, 6.07) is 2.35. The standard InChI is InChI=1S/C16H22N6O/c1-12-9-14-16(18-5-8-22(14)19-12)20-6-2-3-13(11-20)21-7-4-17-10-15(21)23/h5,8-9,13,17H,2-4,6-7,10-11H2,1H3. The topological polar surface area (TPSA) is 65.8 Å². The van der Waals surface area contributed by atoms with E-state index in [0.29, 0.717) is 6.54 Å². The molecule has 122 valence electrons. The number of carbonyl (C=O) groups excluding carboxylic acids is 1. The molecule has 7 nitrogen and oxygen atoms in total. The number of anilines is 1. The van der Waals surface area contributed by atoms with Crippen LogP contribution in [-0.2, 0) is 4.79 Å². The first-order chi connectivity index (χ1) is 11.2. The summed E-state index contributed by atoms with van der Waals surface area (Å²) in [6.07, 6.45) is 5.84. The van der Waals surface area contributed by atoms with Crippen LogP contribution in [-0.4, -0.2) is 64.2 Å². The lowest BCUT2D eigenvalue weighted by atomic mass is 10.0. The molecule has 4 heterocycles. The Bertz CT molecular complexity index is 726. The van der Waals surface area contributed by atoms with Gasteiger partial charge in [-0.1, -0.05) is 0 Å². The van der Waals surface area contributed by atoms with Gasteiger partial charge in [0.25, 0.3) is 0 Å². The van der Waals surface area contributed by atoms with Crippen LogP contribution in [0.2, 0.25) is 0 Å². The molecule has 0 aliphatic carbocycles. The quantitative estimate of drug-likeness (QED) is 0.871. The fourth-order valence-electron chi connectivity index (χ4n) is 3.68. The molecule has 2 saturated heterocycles. The van der Waals surface area contributed by atoms with E-state index < -0.39 is 0 Å². The zero-order valence-electron chi connectivity index (χ0n) is 13.4. The molecule has 2 aliphatic heterocycles. The molecule has 2 aromatic heterocycles. The van der Waals surface area contributed by atoms with Crippen LogP contribution in [0.5, 0.6) is 0 Å². The molecule has 2 aromatic rings. The predicted molar refractivity (Wildman–Crippen MR) is 87.5 cm³/mol. The first kappa shape index (κ1) is 14.4. The first-order valence-electron chi connectivity index (χ1n) is 8.28. The van der Waals surface area contributed by atoms with Gasteiger partial charge in [0.05, 0.1) is 12.2 Å². The van der Waals surface area contributed by atoms with Gasteiger partial charge >= 0.3 is 0 Å². The summed E-state index contributed by atoms with van der Waals surface area (Å²) in [5.41, 5.74) is 2.03.